The number of anilines is 1. The maximum atomic E-state index is 12.0. The number of benzene rings is 1. The molecule has 0 aliphatic heterocycles. The molecule has 21 heavy (non-hydrogen) atoms. The highest BCUT2D eigenvalue weighted by molar-refractivity contribution is 5.91. The van der Waals surface area contributed by atoms with Crippen molar-refractivity contribution in [2.75, 3.05) is 5.32 Å². The molecule has 0 atom stereocenters. The van der Waals surface area contributed by atoms with Crippen LogP contribution in [0.5, 0.6) is 0 Å². The number of nitrogens with one attached hydrogen (secondary N) is 1. The minimum Gasteiger partial charge on any atom is -0.326 e. The number of carbonyl (C=O) groups is 1. The average Bonchev–Trinajstić information content (AvgIpc) is 2.91. The highest BCUT2D eigenvalue weighted by Crippen LogP contribution is 2.17. The van der Waals surface area contributed by atoms with Gasteiger partial charge in [-0.3, -0.25) is 9.48 Å². The molecular weight excluding hydrogens is 264 g/mol. The zero-order valence-electron chi connectivity index (χ0n) is 12.5. The van der Waals surface area contributed by atoms with Gasteiger partial charge >= 0.3 is 0 Å². The van der Waals surface area contributed by atoms with E-state index >= 15 is 0 Å². The van der Waals surface area contributed by atoms with Crippen LogP contribution in [0.3, 0.4) is 0 Å². The molecule has 0 fully saturated rings. The van der Waals surface area contributed by atoms with Crippen molar-refractivity contribution in [1.29, 1.82) is 0 Å². The number of para-hydroxylation sites is 1. The van der Waals surface area contributed by atoms with E-state index in [2.05, 4.69) is 10.4 Å². The first-order valence-corrected chi connectivity index (χ1v) is 7.08. The van der Waals surface area contributed by atoms with Crippen molar-refractivity contribution in [1.82, 2.24) is 9.78 Å². The van der Waals surface area contributed by atoms with Crippen LogP contribution in [0, 0.1) is 0 Å². The second-order valence-electron chi connectivity index (χ2n) is 5.90. The minimum absolute atomic E-state index is 0.0126. The predicted molar refractivity (Wildman–Crippen MR) is 83.9 cm³/mol. The van der Waals surface area contributed by atoms with Gasteiger partial charge in [0, 0.05) is 30.0 Å². The number of rotatable bonds is 6. The minimum atomic E-state index is -0.327. The molecule has 0 spiro atoms. The van der Waals surface area contributed by atoms with E-state index in [0.29, 0.717) is 19.4 Å². The van der Waals surface area contributed by atoms with Crippen LogP contribution < -0.4 is 11.1 Å². The van der Waals surface area contributed by atoms with Crippen LogP contribution in [0.1, 0.15) is 32.3 Å². The zero-order valence-corrected chi connectivity index (χ0v) is 12.5. The predicted octanol–water partition coefficient (Wildman–Crippen LogP) is 2.39. The monoisotopic (exact) mass is 286 g/mol. The molecule has 1 aromatic heterocycles. The van der Waals surface area contributed by atoms with Crippen molar-refractivity contribution in [3.63, 3.8) is 0 Å². The molecule has 2 rings (SSSR count). The summed E-state index contributed by atoms with van der Waals surface area (Å²) in [5.74, 6) is -0.0126. The first kappa shape index (κ1) is 15.3. The van der Waals surface area contributed by atoms with E-state index in [0.717, 1.165) is 11.3 Å². The Kier molecular flexibility index (Phi) is 4.75. The third-order valence-corrected chi connectivity index (χ3v) is 3.18. The fraction of sp³-hybridized carbons (Fsp3) is 0.375. The van der Waals surface area contributed by atoms with Crippen LogP contribution in [-0.2, 0) is 11.3 Å². The molecule has 2 aromatic rings. The molecule has 0 aliphatic rings. The van der Waals surface area contributed by atoms with Crippen molar-refractivity contribution in [3.05, 3.63) is 48.3 Å². The van der Waals surface area contributed by atoms with Gasteiger partial charge in [-0.1, -0.05) is 18.2 Å². The van der Waals surface area contributed by atoms with Crippen LogP contribution in [0.2, 0.25) is 0 Å². The Morgan fingerprint density at radius 1 is 1.33 bits per heavy atom. The lowest BCUT2D eigenvalue weighted by atomic mass is 10.00. The average molecular weight is 286 g/mol. The lowest BCUT2D eigenvalue weighted by Gasteiger charge is -2.18. The van der Waals surface area contributed by atoms with E-state index in [1.54, 1.807) is 6.20 Å². The van der Waals surface area contributed by atoms with Gasteiger partial charge in [-0.15, -0.1) is 0 Å². The van der Waals surface area contributed by atoms with E-state index in [1.807, 2.05) is 55.1 Å². The molecule has 0 saturated heterocycles. The number of nitrogens with zero attached hydrogens (tertiary/aromatic N) is 2. The standard InChI is InChI=1S/C16H22N4O/c1-16(2,17)9-8-15(21)19-14-7-4-3-6-13(14)12-20-11-5-10-18-20/h3-7,10-11H,8-9,12,17H2,1-2H3,(H,19,21). The van der Waals surface area contributed by atoms with Crippen LogP contribution in [0.15, 0.2) is 42.7 Å². The quantitative estimate of drug-likeness (QED) is 0.856. The van der Waals surface area contributed by atoms with Gasteiger partial charge in [-0.25, -0.2) is 0 Å². The third kappa shape index (κ3) is 5.04. The molecule has 0 radical (unpaired) electrons. The van der Waals surface area contributed by atoms with E-state index in [4.69, 9.17) is 5.73 Å². The summed E-state index contributed by atoms with van der Waals surface area (Å²) in [5, 5.41) is 7.15. The van der Waals surface area contributed by atoms with Gasteiger partial charge in [-0.2, -0.15) is 5.10 Å². The molecule has 0 unspecified atom stereocenters. The SMILES string of the molecule is CC(C)(N)CCC(=O)Nc1ccccc1Cn1cccn1. The Hall–Kier alpha value is -2.14. The van der Waals surface area contributed by atoms with Gasteiger partial charge in [0.25, 0.3) is 0 Å². The van der Waals surface area contributed by atoms with Crippen molar-refractivity contribution < 1.29 is 4.79 Å². The molecule has 0 aliphatic carbocycles. The molecule has 0 bridgehead atoms. The van der Waals surface area contributed by atoms with Crippen molar-refractivity contribution >= 4 is 11.6 Å². The smallest absolute Gasteiger partial charge is 0.224 e. The summed E-state index contributed by atoms with van der Waals surface area (Å²) >= 11 is 0. The number of nitrogens with two attached hydrogens (primary N) is 1. The van der Waals surface area contributed by atoms with Gasteiger partial charge < -0.3 is 11.1 Å². The summed E-state index contributed by atoms with van der Waals surface area (Å²) < 4.78 is 1.83. The number of hydrogen-bond acceptors (Lipinski definition) is 3. The van der Waals surface area contributed by atoms with Crippen molar-refractivity contribution in [3.8, 4) is 0 Å². The van der Waals surface area contributed by atoms with Crippen LogP contribution in [0.25, 0.3) is 0 Å². The van der Waals surface area contributed by atoms with Crippen molar-refractivity contribution in [2.24, 2.45) is 5.73 Å². The summed E-state index contributed by atoms with van der Waals surface area (Å²) in [7, 11) is 0. The number of aromatic nitrogens is 2. The molecular formula is C16H22N4O. The second-order valence-corrected chi connectivity index (χ2v) is 5.90. The normalized spacial score (nSPS) is 11.4. The molecule has 1 amide bonds. The maximum absolute atomic E-state index is 12.0. The highest BCUT2D eigenvalue weighted by Gasteiger charge is 2.14. The fourth-order valence-electron chi connectivity index (χ4n) is 2.00. The third-order valence-electron chi connectivity index (χ3n) is 3.18. The summed E-state index contributed by atoms with van der Waals surface area (Å²) in [4.78, 5) is 12.0. The molecule has 1 aromatic carbocycles. The zero-order chi connectivity index (χ0) is 15.3. The van der Waals surface area contributed by atoms with Gasteiger partial charge in [0.1, 0.15) is 0 Å². The van der Waals surface area contributed by atoms with E-state index in [1.165, 1.54) is 0 Å². The van der Waals surface area contributed by atoms with Gasteiger partial charge in [-0.05, 0) is 38.0 Å². The van der Waals surface area contributed by atoms with Crippen LogP contribution >= 0.6 is 0 Å². The first-order chi connectivity index (χ1) is 9.94. The number of carbonyl (C=O) groups excluding carboxylic acids is 1. The lowest BCUT2D eigenvalue weighted by molar-refractivity contribution is -0.116. The second kappa shape index (κ2) is 6.54. The van der Waals surface area contributed by atoms with Crippen LogP contribution in [-0.4, -0.2) is 21.2 Å². The van der Waals surface area contributed by atoms with E-state index < -0.39 is 0 Å². The molecule has 112 valence electrons. The van der Waals surface area contributed by atoms with Gasteiger partial charge in [0.2, 0.25) is 5.91 Å². The number of amides is 1. The first-order valence-electron chi connectivity index (χ1n) is 7.08. The molecule has 1 heterocycles. The fourth-order valence-corrected chi connectivity index (χ4v) is 2.00. The molecule has 3 N–H and O–H groups in total. The topological polar surface area (TPSA) is 72.9 Å². The van der Waals surface area contributed by atoms with E-state index in [9.17, 15) is 4.79 Å². The Balaban J connectivity index is 2.01. The number of hydrogen-bond donors (Lipinski definition) is 2. The Bertz CT molecular complexity index is 585. The van der Waals surface area contributed by atoms with Crippen LogP contribution in [0.4, 0.5) is 5.69 Å². The summed E-state index contributed by atoms with van der Waals surface area (Å²) in [6.07, 6.45) is 4.71. The Morgan fingerprint density at radius 2 is 2.10 bits per heavy atom. The highest BCUT2D eigenvalue weighted by atomic mass is 16.1. The summed E-state index contributed by atoms with van der Waals surface area (Å²) in [5.41, 5.74) is 7.43. The van der Waals surface area contributed by atoms with E-state index in [-0.39, 0.29) is 11.4 Å². The lowest BCUT2D eigenvalue weighted by Crippen LogP contribution is -2.33. The molecule has 5 nitrogen and oxygen atoms in total. The summed E-state index contributed by atoms with van der Waals surface area (Å²) in [6, 6.07) is 9.64. The van der Waals surface area contributed by atoms with Gasteiger partial charge in [0.05, 0.1) is 6.54 Å². The largest absolute Gasteiger partial charge is 0.326 e. The van der Waals surface area contributed by atoms with Gasteiger partial charge in [0.15, 0.2) is 0 Å². The molecule has 5 heteroatoms. The molecule has 0 saturated carbocycles. The van der Waals surface area contributed by atoms with Crippen molar-refractivity contribution in [2.45, 2.75) is 38.8 Å². The Labute approximate surface area is 125 Å². The maximum Gasteiger partial charge on any atom is 0.224 e. The Morgan fingerprint density at radius 3 is 2.76 bits per heavy atom. The summed E-state index contributed by atoms with van der Waals surface area (Å²) in [6.45, 7) is 4.48.